The zero-order valence-corrected chi connectivity index (χ0v) is 26.6. The van der Waals surface area contributed by atoms with E-state index in [1.807, 2.05) is 0 Å². The molecule has 0 aliphatic rings. The Balaban J connectivity index is 3.56. The third-order valence-electron chi connectivity index (χ3n) is 7.56. The van der Waals surface area contributed by atoms with Gasteiger partial charge in [-0.1, -0.05) is 142 Å². The highest BCUT2D eigenvalue weighted by Crippen LogP contribution is 2.14. The second-order valence-electron chi connectivity index (χ2n) is 11.6. The number of hydrogen-bond acceptors (Lipinski definition) is 5. The van der Waals surface area contributed by atoms with Crippen LogP contribution in [0.5, 0.6) is 0 Å². The molecule has 1 unspecified atom stereocenters. The van der Waals surface area contributed by atoms with Crippen molar-refractivity contribution in [3.05, 3.63) is 12.2 Å². The van der Waals surface area contributed by atoms with Gasteiger partial charge in [0.05, 0.1) is 6.61 Å². The summed E-state index contributed by atoms with van der Waals surface area (Å²) in [7, 11) is 0. The molecule has 0 spiro atoms. The average Bonchev–Trinajstić information content (AvgIpc) is 2.96. The second-order valence-corrected chi connectivity index (χ2v) is 11.6. The Morgan fingerprint density at radius 1 is 0.550 bits per heavy atom. The third-order valence-corrected chi connectivity index (χ3v) is 7.56. The molecule has 1 atom stereocenters. The van der Waals surface area contributed by atoms with Crippen molar-refractivity contribution in [2.75, 3.05) is 13.2 Å². The van der Waals surface area contributed by atoms with Crippen molar-refractivity contribution < 1.29 is 24.2 Å². The molecule has 0 aromatic rings. The number of aliphatic hydroxyl groups is 1. The molecule has 236 valence electrons. The molecule has 0 aliphatic carbocycles. The van der Waals surface area contributed by atoms with Gasteiger partial charge in [-0.25, -0.2) is 0 Å². The fraction of sp³-hybridized carbons (Fsp3) is 0.886. The molecule has 0 amide bonds. The van der Waals surface area contributed by atoms with E-state index in [-0.39, 0.29) is 25.2 Å². The molecule has 5 nitrogen and oxygen atoms in total. The number of rotatable bonds is 31. The fourth-order valence-electron chi connectivity index (χ4n) is 4.90. The maximum atomic E-state index is 12.1. The van der Waals surface area contributed by atoms with Gasteiger partial charge in [-0.2, -0.15) is 0 Å². The van der Waals surface area contributed by atoms with Gasteiger partial charge in [-0.15, -0.1) is 0 Å². The summed E-state index contributed by atoms with van der Waals surface area (Å²) in [6.45, 7) is 4.10. The summed E-state index contributed by atoms with van der Waals surface area (Å²) in [6.07, 6.45) is 34.0. The minimum absolute atomic E-state index is 0.0638. The molecule has 0 aromatic carbocycles. The number of carbonyl (C=O) groups is 2. The monoisotopic (exact) mass is 566 g/mol. The lowest BCUT2D eigenvalue weighted by Gasteiger charge is -2.15. The number of esters is 2. The number of carbonyl (C=O) groups excluding carboxylic acids is 2. The predicted octanol–water partition coefficient (Wildman–Crippen LogP) is 10.2. The number of aliphatic hydroxyl groups excluding tert-OH is 1. The van der Waals surface area contributed by atoms with Gasteiger partial charge < -0.3 is 14.6 Å². The van der Waals surface area contributed by atoms with Crippen LogP contribution in [0.4, 0.5) is 0 Å². The molecule has 0 aromatic heterocycles. The highest BCUT2D eigenvalue weighted by molar-refractivity contribution is 5.70. The molecule has 0 saturated carbocycles. The summed E-state index contributed by atoms with van der Waals surface area (Å²) in [5, 5.41) is 9.49. The number of ether oxygens (including phenoxy) is 2. The van der Waals surface area contributed by atoms with Crippen LogP contribution < -0.4 is 0 Å². The van der Waals surface area contributed by atoms with Crippen molar-refractivity contribution in [3.63, 3.8) is 0 Å². The first-order valence-corrected chi connectivity index (χ1v) is 17.2. The van der Waals surface area contributed by atoms with E-state index in [2.05, 4.69) is 26.0 Å². The van der Waals surface area contributed by atoms with E-state index in [9.17, 15) is 14.7 Å². The zero-order chi connectivity index (χ0) is 29.4. The van der Waals surface area contributed by atoms with E-state index < -0.39 is 6.10 Å². The van der Waals surface area contributed by atoms with Gasteiger partial charge in [-0.05, 0) is 38.5 Å². The lowest BCUT2D eigenvalue weighted by molar-refractivity contribution is -0.161. The summed E-state index contributed by atoms with van der Waals surface area (Å²) in [6, 6.07) is 0. The van der Waals surface area contributed by atoms with Crippen LogP contribution in [0.1, 0.15) is 181 Å². The summed E-state index contributed by atoms with van der Waals surface area (Å²) < 4.78 is 10.5. The van der Waals surface area contributed by atoms with Gasteiger partial charge >= 0.3 is 11.9 Å². The van der Waals surface area contributed by atoms with Gasteiger partial charge in [0.1, 0.15) is 6.61 Å². The Morgan fingerprint density at radius 2 is 0.925 bits per heavy atom. The maximum Gasteiger partial charge on any atom is 0.306 e. The first-order valence-electron chi connectivity index (χ1n) is 17.2. The Hall–Kier alpha value is -1.36. The zero-order valence-electron chi connectivity index (χ0n) is 26.6. The Labute approximate surface area is 248 Å². The number of allylic oxidation sites excluding steroid dienone is 2. The molecule has 40 heavy (non-hydrogen) atoms. The van der Waals surface area contributed by atoms with E-state index in [0.29, 0.717) is 12.8 Å². The van der Waals surface area contributed by atoms with Crippen molar-refractivity contribution in [3.8, 4) is 0 Å². The quantitative estimate of drug-likeness (QED) is 0.0513. The van der Waals surface area contributed by atoms with Crippen LogP contribution in [-0.4, -0.2) is 36.4 Å². The molecule has 0 aliphatic heterocycles. The average molecular weight is 567 g/mol. The number of hydrogen-bond donors (Lipinski definition) is 1. The van der Waals surface area contributed by atoms with Crippen LogP contribution in [0.2, 0.25) is 0 Å². The van der Waals surface area contributed by atoms with E-state index in [4.69, 9.17) is 9.47 Å². The van der Waals surface area contributed by atoms with E-state index in [0.717, 1.165) is 44.9 Å². The van der Waals surface area contributed by atoms with Crippen LogP contribution in [0.25, 0.3) is 0 Å². The normalized spacial score (nSPS) is 12.2. The Kier molecular flexibility index (Phi) is 31.1. The second kappa shape index (κ2) is 32.2. The van der Waals surface area contributed by atoms with Crippen molar-refractivity contribution in [1.29, 1.82) is 0 Å². The minimum atomic E-state index is -0.767. The van der Waals surface area contributed by atoms with Crippen LogP contribution >= 0.6 is 0 Å². The molecule has 0 heterocycles. The van der Waals surface area contributed by atoms with Gasteiger partial charge in [0.25, 0.3) is 0 Å². The summed E-state index contributed by atoms with van der Waals surface area (Å²) in [4.78, 5) is 24.1. The van der Waals surface area contributed by atoms with Gasteiger partial charge in [0.2, 0.25) is 0 Å². The van der Waals surface area contributed by atoms with Gasteiger partial charge in [0, 0.05) is 12.8 Å². The lowest BCUT2D eigenvalue weighted by Crippen LogP contribution is -2.28. The van der Waals surface area contributed by atoms with E-state index in [1.165, 1.54) is 109 Å². The predicted molar refractivity (Wildman–Crippen MR) is 168 cm³/mol. The molecular weight excluding hydrogens is 500 g/mol. The molecule has 1 N–H and O–H groups in total. The topological polar surface area (TPSA) is 72.8 Å². The van der Waals surface area contributed by atoms with Crippen LogP contribution in [0.15, 0.2) is 12.2 Å². The Bertz CT molecular complexity index is 574. The molecule has 0 rings (SSSR count). The SMILES string of the molecule is CCCCC/C=C\CCCCCCCC(=O)OC(CO)COC(=O)CCCCCCCCCCCCCCCC. The van der Waals surface area contributed by atoms with Crippen LogP contribution in [-0.2, 0) is 19.1 Å². The molecule has 0 radical (unpaired) electrons. The van der Waals surface area contributed by atoms with E-state index >= 15 is 0 Å². The maximum absolute atomic E-state index is 12.1. The summed E-state index contributed by atoms with van der Waals surface area (Å²) >= 11 is 0. The standard InChI is InChI=1S/C35H66O5/c1-3-5-7-9-11-13-15-17-18-20-21-23-25-27-29-34(37)39-32-33(31-36)40-35(38)30-28-26-24-22-19-16-14-12-10-8-6-4-2/h12,14,33,36H,3-11,13,15-32H2,1-2H3/b14-12-. The van der Waals surface area contributed by atoms with Gasteiger partial charge in [-0.3, -0.25) is 9.59 Å². The first-order chi connectivity index (χ1) is 19.6. The smallest absolute Gasteiger partial charge is 0.306 e. The van der Waals surface area contributed by atoms with Crippen molar-refractivity contribution in [1.82, 2.24) is 0 Å². The molecule has 5 heteroatoms. The highest BCUT2D eigenvalue weighted by Gasteiger charge is 2.16. The Morgan fingerprint density at radius 3 is 1.40 bits per heavy atom. The molecule has 0 fully saturated rings. The van der Waals surface area contributed by atoms with Crippen LogP contribution in [0.3, 0.4) is 0 Å². The molecule has 0 saturated heterocycles. The molecular formula is C35H66O5. The molecule has 0 bridgehead atoms. The lowest BCUT2D eigenvalue weighted by atomic mass is 10.0. The fourth-order valence-corrected chi connectivity index (χ4v) is 4.90. The first kappa shape index (κ1) is 38.6. The van der Waals surface area contributed by atoms with Crippen LogP contribution in [0, 0.1) is 0 Å². The van der Waals surface area contributed by atoms with Crippen molar-refractivity contribution in [2.24, 2.45) is 0 Å². The largest absolute Gasteiger partial charge is 0.462 e. The van der Waals surface area contributed by atoms with Crippen molar-refractivity contribution >= 4 is 11.9 Å². The summed E-state index contributed by atoms with van der Waals surface area (Å²) in [5.41, 5.74) is 0. The highest BCUT2D eigenvalue weighted by atomic mass is 16.6. The van der Waals surface area contributed by atoms with Gasteiger partial charge in [0.15, 0.2) is 6.10 Å². The minimum Gasteiger partial charge on any atom is -0.462 e. The number of unbranched alkanes of at least 4 members (excludes halogenated alkanes) is 21. The van der Waals surface area contributed by atoms with Crippen molar-refractivity contribution in [2.45, 2.75) is 187 Å². The third kappa shape index (κ3) is 29.6. The van der Waals surface area contributed by atoms with E-state index in [1.54, 1.807) is 0 Å². The summed E-state index contributed by atoms with van der Waals surface area (Å²) in [5.74, 6) is -0.596.